The zero-order valence-electron chi connectivity index (χ0n) is 15.3. The van der Waals surface area contributed by atoms with Crippen LogP contribution in [0.2, 0.25) is 5.02 Å². The molecule has 0 unspecified atom stereocenters. The van der Waals surface area contributed by atoms with Gasteiger partial charge in [0.2, 0.25) is 0 Å². The molecule has 3 aromatic rings. The van der Waals surface area contributed by atoms with E-state index in [0.29, 0.717) is 11.6 Å². The second kappa shape index (κ2) is 8.39. The Morgan fingerprint density at radius 3 is 2.82 bits per heavy atom. The lowest BCUT2D eigenvalue weighted by molar-refractivity contribution is 0.0773. The van der Waals surface area contributed by atoms with Crippen molar-refractivity contribution in [3.8, 4) is 5.75 Å². The van der Waals surface area contributed by atoms with Crippen LogP contribution in [0.3, 0.4) is 0 Å². The fourth-order valence-electron chi connectivity index (χ4n) is 2.59. The third-order valence-corrected chi connectivity index (χ3v) is 4.35. The van der Waals surface area contributed by atoms with Gasteiger partial charge in [0.15, 0.2) is 24.0 Å². The topological polar surface area (TPSA) is 65.2 Å². The smallest absolute Gasteiger partial charge is 0.274 e. The number of benzene rings is 1. The van der Waals surface area contributed by atoms with Gasteiger partial charge in [0.05, 0.1) is 23.5 Å². The van der Waals surface area contributed by atoms with Crippen LogP contribution in [-0.2, 0) is 19.8 Å². The van der Waals surface area contributed by atoms with Gasteiger partial charge in [-0.2, -0.15) is 10.2 Å². The van der Waals surface area contributed by atoms with E-state index < -0.39 is 11.6 Å². The molecule has 0 saturated carbocycles. The first kappa shape index (κ1) is 19.8. The van der Waals surface area contributed by atoms with Crippen molar-refractivity contribution in [2.45, 2.75) is 26.7 Å². The predicted octanol–water partition coefficient (Wildman–Crippen LogP) is 3.34. The average Bonchev–Trinajstić information content (AvgIpc) is 3.27. The van der Waals surface area contributed by atoms with Crippen molar-refractivity contribution in [3.63, 3.8) is 0 Å². The third-order valence-electron chi connectivity index (χ3n) is 4.04. The molecule has 148 valence electrons. The molecular weight excluding hydrogens is 392 g/mol. The Morgan fingerprint density at radius 1 is 1.32 bits per heavy atom. The molecule has 10 heteroatoms. The van der Waals surface area contributed by atoms with Crippen LogP contribution < -0.4 is 4.74 Å². The van der Waals surface area contributed by atoms with E-state index in [-0.39, 0.29) is 30.6 Å². The molecule has 7 nitrogen and oxygen atoms in total. The van der Waals surface area contributed by atoms with Crippen LogP contribution in [-0.4, -0.2) is 37.4 Å². The Bertz CT molecular complexity index is 988. The molecule has 0 fully saturated rings. The van der Waals surface area contributed by atoms with Gasteiger partial charge >= 0.3 is 0 Å². The van der Waals surface area contributed by atoms with Crippen molar-refractivity contribution in [1.82, 2.24) is 24.5 Å². The van der Waals surface area contributed by atoms with E-state index in [9.17, 15) is 13.6 Å². The van der Waals surface area contributed by atoms with Crippen molar-refractivity contribution < 1.29 is 18.3 Å². The summed E-state index contributed by atoms with van der Waals surface area (Å²) in [4.78, 5) is 14.1. The molecule has 0 radical (unpaired) electrons. The maximum atomic E-state index is 13.6. The normalized spacial score (nSPS) is 10.9. The van der Waals surface area contributed by atoms with E-state index in [1.807, 2.05) is 6.92 Å². The van der Waals surface area contributed by atoms with Gasteiger partial charge in [-0.15, -0.1) is 0 Å². The standard InChI is InChI=1S/C18H18ClF2N5O2/c1-3-26-16(13(19)9-22-26)10-24(2)18(27)15-6-7-25(23-15)11-28-17-5-4-12(20)8-14(17)21/h4-9H,3,10-11H2,1-2H3. The van der Waals surface area contributed by atoms with Gasteiger partial charge in [-0.05, 0) is 25.1 Å². The number of rotatable bonds is 7. The molecule has 0 saturated heterocycles. The number of ether oxygens (including phenoxy) is 1. The Kier molecular flexibility index (Phi) is 5.93. The fourth-order valence-corrected chi connectivity index (χ4v) is 2.79. The van der Waals surface area contributed by atoms with E-state index in [4.69, 9.17) is 16.3 Å². The molecule has 28 heavy (non-hydrogen) atoms. The van der Waals surface area contributed by atoms with Crippen LogP contribution in [0.1, 0.15) is 23.1 Å². The quantitative estimate of drug-likeness (QED) is 0.600. The molecule has 0 aliphatic heterocycles. The second-order valence-electron chi connectivity index (χ2n) is 6.00. The minimum absolute atomic E-state index is 0.107. The Balaban J connectivity index is 1.64. The lowest BCUT2D eigenvalue weighted by Crippen LogP contribution is -2.28. The molecule has 0 spiro atoms. The Morgan fingerprint density at radius 2 is 2.11 bits per heavy atom. The largest absolute Gasteiger partial charge is 0.468 e. The first-order chi connectivity index (χ1) is 13.4. The lowest BCUT2D eigenvalue weighted by Gasteiger charge is -2.17. The van der Waals surface area contributed by atoms with Gasteiger partial charge in [-0.1, -0.05) is 11.6 Å². The maximum absolute atomic E-state index is 13.6. The number of aromatic nitrogens is 4. The monoisotopic (exact) mass is 409 g/mol. The molecule has 1 aromatic carbocycles. The van der Waals surface area contributed by atoms with Crippen LogP contribution in [0.5, 0.6) is 5.75 Å². The lowest BCUT2D eigenvalue weighted by atomic mass is 10.3. The molecule has 0 atom stereocenters. The van der Waals surface area contributed by atoms with Gasteiger partial charge < -0.3 is 9.64 Å². The number of carbonyl (C=O) groups excluding carboxylic acids is 1. The van der Waals surface area contributed by atoms with Crippen LogP contribution >= 0.6 is 11.6 Å². The highest BCUT2D eigenvalue weighted by Crippen LogP contribution is 2.19. The Labute approximate surface area is 165 Å². The molecule has 2 aromatic heterocycles. The average molecular weight is 410 g/mol. The Hall–Kier alpha value is -2.94. The summed E-state index contributed by atoms with van der Waals surface area (Å²) < 4.78 is 34.8. The number of aryl methyl sites for hydroxylation is 1. The van der Waals surface area contributed by atoms with Crippen LogP contribution in [0.15, 0.2) is 36.7 Å². The number of carbonyl (C=O) groups is 1. The predicted molar refractivity (Wildman–Crippen MR) is 97.9 cm³/mol. The zero-order valence-corrected chi connectivity index (χ0v) is 16.0. The van der Waals surface area contributed by atoms with Crippen molar-refractivity contribution >= 4 is 17.5 Å². The molecule has 1 amide bonds. The molecule has 0 bridgehead atoms. The summed E-state index contributed by atoms with van der Waals surface area (Å²) in [5.74, 6) is -1.92. The van der Waals surface area contributed by atoms with E-state index in [0.717, 1.165) is 17.8 Å². The third kappa shape index (κ3) is 4.30. The first-order valence-electron chi connectivity index (χ1n) is 8.46. The molecule has 3 rings (SSSR count). The highest BCUT2D eigenvalue weighted by atomic mass is 35.5. The van der Waals surface area contributed by atoms with Gasteiger partial charge in [0.25, 0.3) is 5.91 Å². The minimum atomic E-state index is -0.812. The van der Waals surface area contributed by atoms with E-state index in [1.165, 1.54) is 27.9 Å². The number of halogens is 3. The highest BCUT2D eigenvalue weighted by Gasteiger charge is 2.18. The van der Waals surface area contributed by atoms with Crippen molar-refractivity contribution in [2.24, 2.45) is 0 Å². The molecule has 0 N–H and O–H groups in total. The molecular formula is C18H18ClF2N5O2. The zero-order chi connectivity index (χ0) is 20.3. The summed E-state index contributed by atoms with van der Waals surface area (Å²) >= 11 is 6.13. The fraction of sp³-hybridized carbons (Fsp3) is 0.278. The minimum Gasteiger partial charge on any atom is -0.468 e. The summed E-state index contributed by atoms with van der Waals surface area (Å²) in [5, 5.41) is 8.77. The highest BCUT2D eigenvalue weighted by molar-refractivity contribution is 6.31. The van der Waals surface area contributed by atoms with E-state index in [1.54, 1.807) is 17.9 Å². The molecule has 0 aliphatic carbocycles. The number of nitrogens with zero attached hydrogens (tertiary/aromatic N) is 5. The van der Waals surface area contributed by atoms with Crippen LogP contribution in [0.25, 0.3) is 0 Å². The summed E-state index contributed by atoms with van der Waals surface area (Å²) in [6.07, 6.45) is 3.07. The SMILES string of the molecule is CCn1ncc(Cl)c1CN(C)C(=O)c1ccn(COc2ccc(F)cc2F)n1. The van der Waals surface area contributed by atoms with E-state index in [2.05, 4.69) is 10.2 Å². The summed E-state index contributed by atoms with van der Waals surface area (Å²) in [6.45, 7) is 2.71. The maximum Gasteiger partial charge on any atom is 0.274 e. The van der Waals surface area contributed by atoms with Gasteiger partial charge in [-0.3, -0.25) is 9.48 Å². The summed E-state index contributed by atoms with van der Waals surface area (Å²) in [6, 6.07) is 4.54. The van der Waals surface area contributed by atoms with Crippen LogP contribution in [0.4, 0.5) is 8.78 Å². The van der Waals surface area contributed by atoms with Gasteiger partial charge in [0.1, 0.15) is 5.82 Å². The van der Waals surface area contributed by atoms with Gasteiger partial charge in [-0.25, -0.2) is 13.5 Å². The summed E-state index contributed by atoms with van der Waals surface area (Å²) in [7, 11) is 1.63. The summed E-state index contributed by atoms with van der Waals surface area (Å²) in [5.41, 5.74) is 0.930. The van der Waals surface area contributed by atoms with Crippen molar-refractivity contribution in [1.29, 1.82) is 0 Å². The molecule has 2 heterocycles. The number of hydrogen-bond acceptors (Lipinski definition) is 4. The van der Waals surface area contributed by atoms with Crippen molar-refractivity contribution in [3.05, 3.63) is 64.7 Å². The second-order valence-corrected chi connectivity index (χ2v) is 6.41. The van der Waals surface area contributed by atoms with Crippen molar-refractivity contribution in [2.75, 3.05) is 7.05 Å². The first-order valence-corrected chi connectivity index (χ1v) is 8.83. The number of amides is 1. The van der Waals surface area contributed by atoms with Crippen LogP contribution in [0, 0.1) is 11.6 Å². The van der Waals surface area contributed by atoms with Gasteiger partial charge in [0, 0.05) is 25.9 Å². The molecule has 0 aliphatic rings. The van der Waals surface area contributed by atoms with E-state index >= 15 is 0 Å². The number of hydrogen-bond donors (Lipinski definition) is 0.